The predicted octanol–water partition coefficient (Wildman–Crippen LogP) is 5.66. The van der Waals surface area contributed by atoms with Crippen molar-refractivity contribution in [2.75, 3.05) is 0 Å². The molecule has 0 saturated carbocycles. The van der Waals surface area contributed by atoms with E-state index in [1.54, 1.807) is 0 Å². The third kappa shape index (κ3) is 2.49. The first-order valence-electron chi connectivity index (χ1n) is 7.12. The minimum Gasteiger partial charge on any atom is -0.223 e. The van der Waals surface area contributed by atoms with Crippen LogP contribution in [0.1, 0.15) is 24.8 Å². The van der Waals surface area contributed by atoms with Gasteiger partial charge in [-0.05, 0) is 43.9 Å². The van der Waals surface area contributed by atoms with Crippen LogP contribution in [0.3, 0.4) is 0 Å². The molecule has 0 aromatic heterocycles. The lowest BCUT2D eigenvalue weighted by Crippen LogP contribution is -2.33. The molecular formula is C17H15F4S. The molecule has 22 heavy (non-hydrogen) atoms. The highest BCUT2D eigenvalue weighted by molar-refractivity contribution is 7.99. The Morgan fingerprint density at radius 2 is 2.00 bits per heavy atom. The van der Waals surface area contributed by atoms with Crippen molar-refractivity contribution < 1.29 is 17.6 Å². The fourth-order valence-electron chi connectivity index (χ4n) is 3.01. The number of thioether (sulfide) groups is 1. The molecule has 117 valence electrons. The summed E-state index contributed by atoms with van der Waals surface area (Å²) in [7, 11) is 0. The molecule has 0 saturated heterocycles. The minimum atomic E-state index is -2.32. The number of rotatable bonds is 3. The third-order valence-corrected chi connectivity index (χ3v) is 5.62. The lowest BCUT2D eigenvalue weighted by Gasteiger charge is -2.34. The van der Waals surface area contributed by atoms with Crippen molar-refractivity contribution in [1.29, 1.82) is 0 Å². The molecule has 0 bridgehead atoms. The van der Waals surface area contributed by atoms with Crippen LogP contribution in [-0.4, -0.2) is 5.00 Å². The molecule has 3 rings (SSSR count). The lowest BCUT2D eigenvalue weighted by atomic mass is 9.87. The van der Waals surface area contributed by atoms with Gasteiger partial charge in [0.05, 0.1) is 0 Å². The largest absolute Gasteiger partial charge is 0.223 e. The summed E-state index contributed by atoms with van der Waals surface area (Å²) in [4.78, 5) is 0. The molecule has 0 N–H and O–H groups in total. The number of allylic oxidation sites excluding steroid dienone is 3. The summed E-state index contributed by atoms with van der Waals surface area (Å²) in [6.45, 7) is 3.79. The number of hydrogen-bond donors (Lipinski definition) is 0. The second kappa shape index (κ2) is 5.76. The molecule has 2 aliphatic rings. The van der Waals surface area contributed by atoms with Gasteiger partial charge < -0.3 is 0 Å². The predicted molar refractivity (Wildman–Crippen MR) is 80.4 cm³/mol. The first kappa shape index (κ1) is 15.7. The molecule has 1 aromatic carbocycles. The Labute approximate surface area is 131 Å². The molecule has 5 heteroatoms. The standard InChI is InChI=1S/C17H15F4S/c1-10-13-6-2-4-11(13)8-15(19)17(10,21)22-9-12-5-3-7-14(18)16(12)20/h3,5,7-8,10H,1-2,4,6,9H2. The maximum absolute atomic E-state index is 15.1. The minimum absolute atomic E-state index is 0.0215. The van der Waals surface area contributed by atoms with E-state index in [9.17, 15) is 13.2 Å². The van der Waals surface area contributed by atoms with Gasteiger partial charge in [-0.2, -0.15) is 0 Å². The molecule has 0 amide bonds. The molecule has 2 aliphatic carbocycles. The number of hydrogen-bond acceptors (Lipinski definition) is 1. The van der Waals surface area contributed by atoms with Crippen LogP contribution in [0, 0.1) is 24.5 Å². The van der Waals surface area contributed by atoms with Gasteiger partial charge in [-0.3, -0.25) is 0 Å². The van der Waals surface area contributed by atoms with E-state index in [1.165, 1.54) is 18.2 Å². The normalized spacial score (nSPS) is 27.9. The number of alkyl halides is 1. The van der Waals surface area contributed by atoms with Gasteiger partial charge in [0.25, 0.3) is 0 Å². The summed E-state index contributed by atoms with van der Waals surface area (Å²) >= 11 is 0.627. The van der Waals surface area contributed by atoms with Gasteiger partial charge in [0, 0.05) is 17.2 Å². The molecular weight excluding hydrogens is 312 g/mol. The molecule has 0 fully saturated rings. The van der Waals surface area contributed by atoms with E-state index in [4.69, 9.17) is 0 Å². The highest BCUT2D eigenvalue weighted by Crippen LogP contribution is 2.53. The van der Waals surface area contributed by atoms with Crippen LogP contribution in [0.4, 0.5) is 17.6 Å². The van der Waals surface area contributed by atoms with Crippen molar-refractivity contribution in [2.24, 2.45) is 5.92 Å². The van der Waals surface area contributed by atoms with Crippen LogP contribution in [-0.2, 0) is 5.75 Å². The second-order valence-electron chi connectivity index (χ2n) is 5.60. The summed E-state index contributed by atoms with van der Waals surface area (Å²) in [5.74, 6) is -3.87. The van der Waals surface area contributed by atoms with Crippen molar-refractivity contribution in [3.8, 4) is 0 Å². The van der Waals surface area contributed by atoms with Gasteiger partial charge in [0.2, 0.25) is 5.00 Å². The quantitative estimate of drug-likeness (QED) is 0.645. The van der Waals surface area contributed by atoms with E-state index in [0.29, 0.717) is 18.2 Å². The first-order valence-corrected chi connectivity index (χ1v) is 8.10. The topological polar surface area (TPSA) is 0 Å². The van der Waals surface area contributed by atoms with Crippen LogP contribution in [0.25, 0.3) is 0 Å². The highest BCUT2D eigenvalue weighted by atomic mass is 32.2. The van der Waals surface area contributed by atoms with E-state index in [0.717, 1.165) is 30.1 Å². The Balaban J connectivity index is 1.82. The summed E-state index contributed by atoms with van der Waals surface area (Å²) < 4.78 is 56.2. The van der Waals surface area contributed by atoms with Crippen LogP contribution in [0.5, 0.6) is 0 Å². The zero-order chi connectivity index (χ0) is 15.9. The monoisotopic (exact) mass is 327 g/mol. The summed E-state index contributed by atoms with van der Waals surface area (Å²) in [5.41, 5.74) is 1.70. The van der Waals surface area contributed by atoms with E-state index in [1.807, 2.05) is 0 Å². The van der Waals surface area contributed by atoms with Gasteiger partial charge in [-0.25, -0.2) is 17.6 Å². The zero-order valence-corrected chi connectivity index (χ0v) is 12.7. The number of halogens is 4. The molecule has 1 radical (unpaired) electrons. The average Bonchev–Trinajstić information content (AvgIpc) is 2.95. The van der Waals surface area contributed by atoms with Crippen molar-refractivity contribution in [1.82, 2.24) is 0 Å². The maximum atomic E-state index is 15.1. The van der Waals surface area contributed by atoms with E-state index < -0.39 is 28.4 Å². The lowest BCUT2D eigenvalue weighted by molar-refractivity contribution is 0.236. The zero-order valence-electron chi connectivity index (χ0n) is 11.8. The third-order valence-electron chi connectivity index (χ3n) is 4.27. The Bertz CT molecular complexity index is 665. The van der Waals surface area contributed by atoms with E-state index in [2.05, 4.69) is 6.92 Å². The van der Waals surface area contributed by atoms with Gasteiger partial charge in [-0.15, -0.1) is 11.8 Å². The fraction of sp³-hybridized carbons (Fsp3) is 0.353. The van der Waals surface area contributed by atoms with Crippen molar-refractivity contribution in [3.05, 3.63) is 65.4 Å². The van der Waals surface area contributed by atoms with E-state index in [-0.39, 0.29) is 11.3 Å². The van der Waals surface area contributed by atoms with Crippen molar-refractivity contribution in [2.45, 2.75) is 30.0 Å². The van der Waals surface area contributed by atoms with E-state index >= 15 is 4.39 Å². The van der Waals surface area contributed by atoms with Crippen molar-refractivity contribution in [3.63, 3.8) is 0 Å². The van der Waals surface area contributed by atoms with Crippen LogP contribution >= 0.6 is 11.8 Å². The molecule has 2 atom stereocenters. The molecule has 0 spiro atoms. The van der Waals surface area contributed by atoms with Crippen LogP contribution < -0.4 is 0 Å². The summed E-state index contributed by atoms with van der Waals surface area (Å²) in [6.07, 6.45) is 3.58. The van der Waals surface area contributed by atoms with Gasteiger partial charge in [-0.1, -0.05) is 17.7 Å². The highest BCUT2D eigenvalue weighted by Gasteiger charge is 2.47. The Morgan fingerprint density at radius 1 is 1.23 bits per heavy atom. The Morgan fingerprint density at radius 3 is 2.77 bits per heavy atom. The van der Waals surface area contributed by atoms with Crippen LogP contribution in [0.15, 0.2) is 41.2 Å². The number of benzene rings is 1. The van der Waals surface area contributed by atoms with Crippen LogP contribution in [0.2, 0.25) is 0 Å². The molecule has 0 aliphatic heterocycles. The smallest absolute Gasteiger partial charge is 0.214 e. The maximum Gasteiger partial charge on any atom is 0.214 e. The molecule has 0 heterocycles. The first-order chi connectivity index (χ1) is 10.4. The van der Waals surface area contributed by atoms with Crippen molar-refractivity contribution >= 4 is 11.8 Å². The summed E-state index contributed by atoms with van der Waals surface area (Å²) in [5, 5.41) is -2.32. The SMILES string of the molecule is [CH2]C1C2=C(C=C(F)C1(F)SCc1cccc(F)c1F)CCC2. The Kier molecular flexibility index (Phi) is 4.10. The molecule has 2 unspecified atom stereocenters. The second-order valence-corrected chi connectivity index (χ2v) is 6.77. The van der Waals surface area contributed by atoms with Gasteiger partial charge >= 0.3 is 0 Å². The average molecular weight is 327 g/mol. The van der Waals surface area contributed by atoms with Gasteiger partial charge in [0.1, 0.15) is 5.83 Å². The fourth-order valence-corrected chi connectivity index (χ4v) is 4.14. The molecule has 1 aromatic rings. The molecule has 0 nitrogen and oxygen atoms in total. The Hall–Kier alpha value is -1.23. The summed E-state index contributed by atoms with van der Waals surface area (Å²) in [6, 6.07) is 3.72. The van der Waals surface area contributed by atoms with Gasteiger partial charge in [0.15, 0.2) is 11.6 Å².